The highest BCUT2D eigenvalue weighted by molar-refractivity contribution is 6.32. The number of ketones is 1. The molecule has 0 saturated carbocycles. The molecule has 3 aromatic rings. The molecule has 1 unspecified atom stereocenters. The predicted molar refractivity (Wildman–Crippen MR) is 121 cm³/mol. The number of benzene rings is 3. The highest BCUT2D eigenvalue weighted by Gasteiger charge is 2.36. The monoisotopic (exact) mass is 449 g/mol. The van der Waals surface area contributed by atoms with E-state index in [2.05, 4.69) is 24.0 Å². The summed E-state index contributed by atoms with van der Waals surface area (Å²) in [5, 5.41) is 0.217. The van der Waals surface area contributed by atoms with Crippen molar-refractivity contribution in [3.8, 4) is 11.5 Å². The molecule has 6 heteroatoms. The summed E-state index contributed by atoms with van der Waals surface area (Å²) in [5.41, 5.74) is 3.37. The Bertz CT molecular complexity index is 1240. The van der Waals surface area contributed by atoms with Crippen LogP contribution in [0.2, 0.25) is 5.02 Å². The van der Waals surface area contributed by atoms with Gasteiger partial charge in [-0.2, -0.15) is 0 Å². The lowest BCUT2D eigenvalue weighted by Gasteiger charge is -2.34. The molecular weight excluding hydrogens is 429 g/mol. The number of carbonyl (C=O) groups excluding carboxylic acids is 1. The van der Waals surface area contributed by atoms with E-state index in [-0.39, 0.29) is 28.2 Å². The van der Waals surface area contributed by atoms with Crippen molar-refractivity contribution in [2.24, 2.45) is 0 Å². The smallest absolute Gasteiger partial charge is 0.232 e. The van der Waals surface area contributed by atoms with E-state index in [0.717, 1.165) is 11.1 Å². The van der Waals surface area contributed by atoms with Crippen molar-refractivity contribution in [2.75, 3.05) is 6.73 Å². The normalized spacial score (nSPS) is 17.5. The van der Waals surface area contributed by atoms with E-state index in [0.29, 0.717) is 30.3 Å². The molecule has 1 atom stereocenters. The van der Waals surface area contributed by atoms with Gasteiger partial charge in [0.15, 0.2) is 5.76 Å². The average Bonchev–Trinajstić information content (AvgIpc) is 3.13. The zero-order valence-electron chi connectivity index (χ0n) is 17.7. The van der Waals surface area contributed by atoms with Crippen LogP contribution in [0.5, 0.6) is 11.5 Å². The number of ether oxygens (including phenoxy) is 2. The van der Waals surface area contributed by atoms with Gasteiger partial charge in [-0.3, -0.25) is 9.69 Å². The molecule has 2 heterocycles. The number of rotatable bonds is 3. The first-order valence-corrected chi connectivity index (χ1v) is 10.8. The second-order valence-electron chi connectivity index (χ2n) is 8.06. The highest BCUT2D eigenvalue weighted by atomic mass is 35.5. The van der Waals surface area contributed by atoms with Gasteiger partial charge in [0.05, 0.1) is 16.1 Å². The van der Waals surface area contributed by atoms with Crippen LogP contribution in [-0.4, -0.2) is 17.4 Å². The summed E-state index contributed by atoms with van der Waals surface area (Å²) >= 11 is 6.15. The molecule has 32 heavy (non-hydrogen) atoms. The number of hydrogen-bond donors (Lipinski definition) is 0. The van der Waals surface area contributed by atoms with Gasteiger partial charge in [-0.25, -0.2) is 4.39 Å². The number of carbonyl (C=O) groups is 1. The Morgan fingerprint density at radius 1 is 1.16 bits per heavy atom. The van der Waals surface area contributed by atoms with E-state index in [1.54, 1.807) is 6.07 Å². The van der Waals surface area contributed by atoms with Gasteiger partial charge in [-0.15, -0.1) is 0 Å². The SMILES string of the molecule is Cc1cc2c(c3c1C(=O)/C(=C/c1c(F)cccc1Cl)O3)CN(C(C)c1ccccc1)CO2. The molecule has 3 aromatic carbocycles. The lowest BCUT2D eigenvalue weighted by molar-refractivity contribution is 0.0605. The minimum atomic E-state index is -0.512. The standard InChI is InChI=1S/C26H21ClFNO3/c1-15-11-22-19(13-29(14-31-22)16(2)17-7-4-3-5-8-17)26-24(15)25(30)23(32-26)12-18-20(27)9-6-10-21(18)28/h3-12,16H,13-14H2,1-2H3/b23-12-. The maximum Gasteiger partial charge on any atom is 0.232 e. The first-order valence-electron chi connectivity index (χ1n) is 10.4. The maximum absolute atomic E-state index is 14.3. The largest absolute Gasteiger partial charge is 0.478 e. The van der Waals surface area contributed by atoms with Crippen molar-refractivity contribution in [3.05, 3.63) is 99.0 Å². The Labute approximate surface area is 190 Å². The predicted octanol–water partition coefficient (Wildman–Crippen LogP) is 6.32. The minimum Gasteiger partial charge on any atom is -0.478 e. The van der Waals surface area contributed by atoms with E-state index in [9.17, 15) is 9.18 Å². The number of nitrogens with zero attached hydrogens (tertiary/aromatic N) is 1. The minimum absolute atomic E-state index is 0.0525. The molecule has 0 amide bonds. The Kier molecular flexibility index (Phi) is 5.24. The third kappa shape index (κ3) is 3.48. The van der Waals surface area contributed by atoms with E-state index >= 15 is 0 Å². The van der Waals surface area contributed by atoms with Crippen molar-refractivity contribution in [1.29, 1.82) is 0 Å². The summed E-state index contributed by atoms with van der Waals surface area (Å²) in [6.45, 7) is 4.97. The molecule has 0 radical (unpaired) electrons. The maximum atomic E-state index is 14.3. The van der Waals surface area contributed by atoms with Crippen molar-refractivity contribution in [2.45, 2.75) is 26.4 Å². The molecule has 2 aliphatic heterocycles. The molecular formula is C26H21ClFNO3. The van der Waals surface area contributed by atoms with Crippen LogP contribution in [0, 0.1) is 12.7 Å². The zero-order chi connectivity index (χ0) is 22.4. The second kappa shape index (κ2) is 8.08. The van der Waals surface area contributed by atoms with Gasteiger partial charge in [0, 0.05) is 18.2 Å². The van der Waals surface area contributed by atoms with Crippen LogP contribution in [0.15, 0.2) is 60.4 Å². The molecule has 5 rings (SSSR count). The Balaban J connectivity index is 1.52. The van der Waals surface area contributed by atoms with E-state index < -0.39 is 5.82 Å². The summed E-state index contributed by atoms with van der Waals surface area (Å²) in [7, 11) is 0. The van der Waals surface area contributed by atoms with Crippen LogP contribution < -0.4 is 9.47 Å². The molecule has 0 N–H and O–H groups in total. The Hall–Kier alpha value is -3.15. The second-order valence-corrected chi connectivity index (χ2v) is 8.46. The molecule has 0 saturated heterocycles. The van der Waals surface area contributed by atoms with Crippen LogP contribution in [0.25, 0.3) is 6.08 Å². The molecule has 0 bridgehead atoms. The van der Waals surface area contributed by atoms with Gasteiger partial charge >= 0.3 is 0 Å². The summed E-state index contributed by atoms with van der Waals surface area (Å²) in [6.07, 6.45) is 1.37. The number of halogens is 2. The fourth-order valence-corrected chi connectivity index (χ4v) is 4.44. The van der Waals surface area contributed by atoms with Crippen LogP contribution in [0.1, 0.15) is 45.6 Å². The van der Waals surface area contributed by atoms with Crippen LogP contribution in [0.4, 0.5) is 4.39 Å². The van der Waals surface area contributed by atoms with Gasteiger partial charge in [0.2, 0.25) is 5.78 Å². The molecule has 0 aliphatic carbocycles. The van der Waals surface area contributed by atoms with Crippen molar-refractivity contribution in [3.63, 3.8) is 0 Å². The van der Waals surface area contributed by atoms with E-state index in [1.165, 1.54) is 23.8 Å². The van der Waals surface area contributed by atoms with Gasteiger partial charge in [0.1, 0.15) is 24.0 Å². The molecule has 0 spiro atoms. The number of fused-ring (bicyclic) bond motifs is 3. The molecule has 0 aromatic heterocycles. The fourth-order valence-electron chi connectivity index (χ4n) is 4.22. The van der Waals surface area contributed by atoms with Crippen molar-refractivity contribution >= 4 is 23.5 Å². The lowest BCUT2D eigenvalue weighted by Crippen LogP contribution is -2.34. The van der Waals surface area contributed by atoms with E-state index in [1.807, 2.05) is 31.2 Å². The zero-order valence-corrected chi connectivity index (χ0v) is 18.4. The molecule has 162 valence electrons. The van der Waals surface area contributed by atoms with E-state index in [4.69, 9.17) is 21.1 Å². The molecule has 0 fully saturated rings. The first-order chi connectivity index (χ1) is 15.4. The van der Waals surface area contributed by atoms with Gasteiger partial charge in [0.25, 0.3) is 0 Å². The van der Waals surface area contributed by atoms with Gasteiger partial charge < -0.3 is 9.47 Å². The number of hydrogen-bond acceptors (Lipinski definition) is 4. The van der Waals surface area contributed by atoms with Crippen LogP contribution in [-0.2, 0) is 6.54 Å². The first kappa shape index (κ1) is 20.7. The van der Waals surface area contributed by atoms with Gasteiger partial charge in [-0.05, 0) is 49.2 Å². The fraction of sp³-hybridized carbons (Fsp3) is 0.192. The topological polar surface area (TPSA) is 38.8 Å². The summed E-state index contributed by atoms with van der Waals surface area (Å²) < 4.78 is 26.4. The van der Waals surface area contributed by atoms with Crippen LogP contribution in [0.3, 0.4) is 0 Å². The van der Waals surface area contributed by atoms with Crippen molar-refractivity contribution < 1.29 is 18.7 Å². The summed E-state index contributed by atoms with van der Waals surface area (Å²) in [4.78, 5) is 15.3. The third-order valence-electron chi connectivity index (χ3n) is 6.06. The Morgan fingerprint density at radius 2 is 1.94 bits per heavy atom. The number of Topliss-reactive ketones (excluding diaryl/α,β-unsaturated/α-hetero) is 1. The van der Waals surface area contributed by atoms with Gasteiger partial charge in [-0.1, -0.05) is 48.0 Å². The summed E-state index contributed by atoms with van der Waals surface area (Å²) in [6, 6.07) is 16.6. The number of aryl methyl sites for hydroxylation is 1. The third-order valence-corrected chi connectivity index (χ3v) is 6.38. The molecule has 4 nitrogen and oxygen atoms in total. The Morgan fingerprint density at radius 3 is 2.69 bits per heavy atom. The van der Waals surface area contributed by atoms with Crippen LogP contribution >= 0.6 is 11.6 Å². The summed E-state index contributed by atoms with van der Waals surface area (Å²) in [5.74, 6) is 0.441. The molecule has 2 aliphatic rings. The quantitative estimate of drug-likeness (QED) is 0.439. The highest BCUT2D eigenvalue weighted by Crippen LogP contribution is 2.45. The number of allylic oxidation sites excluding steroid dienone is 1. The lowest BCUT2D eigenvalue weighted by atomic mass is 9.97. The van der Waals surface area contributed by atoms with Crippen molar-refractivity contribution in [1.82, 2.24) is 4.90 Å². The average molecular weight is 450 g/mol.